The molecule has 0 unspecified atom stereocenters. The smallest absolute Gasteiger partial charge is 0.158 e. The van der Waals surface area contributed by atoms with Crippen LogP contribution in [0.3, 0.4) is 0 Å². The number of rotatable bonds is 8. The third kappa shape index (κ3) is 7.04. The van der Waals surface area contributed by atoms with Gasteiger partial charge in [0.25, 0.3) is 0 Å². The second-order valence-electron chi connectivity index (χ2n) is 4.38. The molecule has 0 rings (SSSR count). The summed E-state index contributed by atoms with van der Waals surface area (Å²) in [4.78, 5) is 11.3. The first-order chi connectivity index (χ1) is 6.52. The minimum absolute atomic E-state index is 0.177. The van der Waals surface area contributed by atoms with Crippen molar-refractivity contribution in [2.24, 2.45) is 11.1 Å². The van der Waals surface area contributed by atoms with E-state index in [0.29, 0.717) is 19.6 Å². The van der Waals surface area contributed by atoms with Gasteiger partial charge in [-0.3, -0.25) is 4.79 Å². The third-order valence-electron chi connectivity index (χ3n) is 2.37. The average molecular weight is 201 g/mol. The Morgan fingerprint density at radius 2 is 2.00 bits per heavy atom. The Bertz CT molecular complexity index is 167. The SMILES string of the molecule is CCOCC(=O)CCC(C)(C)CCN. The first kappa shape index (κ1) is 13.6. The highest BCUT2D eigenvalue weighted by atomic mass is 16.5. The van der Waals surface area contributed by atoms with Gasteiger partial charge in [-0.15, -0.1) is 0 Å². The lowest BCUT2D eigenvalue weighted by Gasteiger charge is -2.23. The van der Waals surface area contributed by atoms with E-state index in [-0.39, 0.29) is 17.8 Å². The summed E-state index contributed by atoms with van der Waals surface area (Å²) in [6, 6.07) is 0. The van der Waals surface area contributed by atoms with E-state index in [1.54, 1.807) is 0 Å². The molecule has 0 spiro atoms. The fourth-order valence-electron chi connectivity index (χ4n) is 1.28. The van der Waals surface area contributed by atoms with Crippen molar-refractivity contribution in [3.05, 3.63) is 0 Å². The van der Waals surface area contributed by atoms with Gasteiger partial charge in [0.1, 0.15) is 6.61 Å². The second kappa shape index (κ2) is 6.96. The molecule has 14 heavy (non-hydrogen) atoms. The van der Waals surface area contributed by atoms with E-state index < -0.39 is 0 Å². The molecule has 0 radical (unpaired) electrons. The normalized spacial score (nSPS) is 11.7. The molecule has 0 fully saturated rings. The molecular formula is C11H23NO2. The lowest BCUT2D eigenvalue weighted by molar-refractivity contribution is -0.124. The second-order valence-corrected chi connectivity index (χ2v) is 4.38. The average Bonchev–Trinajstić information content (AvgIpc) is 2.11. The van der Waals surface area contributed by atoms with E-state index in [1.807, 2.05) is 6.92 Å². The summed E-state index contributed by atoms with van der Waals surface area (Å²) in [7, 11) is 0. The van der Waals surface area contributed by atoms with E-state index in [2.05, 4.69) is 13.8 Å². The molecule has 2 N–H and O–H groups in total. The van der Waals surface area contributed by atoms with Crippen LogP contribution in [0, 0.1) is 5.41 Å². The van der Waals surface area contributed by atoms with Crippen molar-refractivity contribution in [1.82, 2.24) is 0 Å². The van der Waals surface area contributed by atoms with Crippen molar-refractivity contribution in [2.45, 2.75) is 40.0 Å². The molecule has 0 aromatic rings. The molecule has 3 heteroatoms. The zero-order chi connectivity index (χ0) is 11.0. The van der Waals surface area contributed by atoms with Gasteiger partial charge in [-0.2, -0.15) is 0 Å². The first-order valence-corrected chi connectivity index (χ1v) is 5.31. The molecular weight excluding hydrogens is 178 g/mol. The molecule has 0 aliphatic carbocycles. The van der Waals surface area contributed by atoms with E-state index in [4.69, 9.17) is 10.5 Å². The minimum atomic E-state index is 0.177. The van der Waals surface area contributed by atoms with Crippen LogP contribution < -0.4 is 5.73 Å². The maximum atomic E-state index is 11.3. The summed E-state index contributed by atoms with van der Waals surface area (Å²) in [6.45, 7) is 7.74. The highest BCUT2D eigenvalue weighted by Crippen LogP contribution is 2.25. The van der Waals surface area contributed by atoms with Gasteiger partial charge in [0.05, 0.1) is 0 Å². The molecule has 0 heterocycles. The predicted octanol–water partition coefficient (Wildman–Crippen LogP) is 1.75. The number of nitrogens with two attached hydrogens (primary N) is 1. The summed E-state index contributed by atoms with van der Waals surface area (Å²) >= 11 is 0. The van der Waals surface area contributed by atoms with Crippen LogP contribution in [-0.4, -0.2) is 25.5 Å². The van der Waals surface area contributed by atoms with Crippen LogP contribution in [0.15, 0.2) is 0 Å². The quantitative estimate of drug-likeness (QED) is 0.651. The van der Waals surface area contributed by atoms with Crippen molar-refractivity contribution >= 4 is 5.78 Å². The van der Waals surface area contributed by atoms with Gasteiger partial charge in [0.2, 0.25) is 0 Å². The number of hydrogen-bond donors (Lipinski definition) is 1. The van der Waals surface area contributed by atoms with Crippen molar-refractivity contribution < 1.29 is 9.53 Å². The molecule has 3 nitrogen and oxygen atoms in total. The Labute approximate surface area is 87.0 Å². The minimum Gasteiger partial charge on any atom is -0.374 e. The van der Waals surface area contributed by atoms with Crippen LogP contribution >= 0.6 is 0 Å². The third-order valence-corrected chi connectivity index (χ3v) is 2.37. The maximum absolute atomic E-state index is 11.3. The van der Waals surface area contributed by atoms with Gasteiger partial charge >= 0.3 is 0 Å². The molecule has 0 aliphatic rings. The van der Waals surface area contributed by atoms with Crippen molar-refractivity contribution in [3.63, 3.8) is 0 Å². The van der Waals surface area contributed by atoms with Crippen LogP contribution in [-0.2, 0) is 9.53 Å². The van der Waals surface area contributed by atoms with Gasteiger partial charge in [-0.25, -0.2) is 0 Å². The molecule has 0 saturated carbocycles. The highest BCUT2D eigenvalue weighted by Gasteiger charge is 2.17. The van der Waals surface area contributed by atoms with Gasteiger partial charge in [0.15, 0.2) is 5.78 Å². The summed E-state index contributed by atoms with van der Waals surface area (Å²) < 4.78 is 5.05. The molecule has 0 aromatic carbocycles. The monoisotopic (exact) mass is 201 g/mol. The summed E-state index contributed by atoms with van der Waals surface area (Å²) in [5, 5.41) is 0. The van der Waals surface area contributed by atoms with Crippen molar-refractivity contribution in [2.75, 3.05) is 19.8 Å². The Morgan fingerprint density at radius 3 is 2.50 bits per heavy atom. The number of hydrogen-bond acceptors (Lipinski definition) is 3. The van der Waals surface area contributed by atoms with Gasteiger partial charge in [0, 0.05) is 13.0 Å². The van der Waals surface area contributed by atoms with Crippen molar-refractivity contribution in [1.29, 1.82) is 0 Å². The maximum Gasteiger partial charge on any atom is 0.158 e. The Morgan fingerprint density at radius 1 is 1.36 bits per heavy atom. The number of ether oxygens (including phenoxy) is 1. The Balaban J connectivity index is 3.64. The number of carbonyl (C=O) groups is 1. The zero-order valence-electron chi connectivity index (χ0n) is 9.64. The van der Waals surface area contributed by atoms with Crippen molar-refractivity contribution in [3.8, 4) is 0 Å². The topological polar surface area (TPSA) is 52.3 Å². The number of Topliss-reactive ketones (excluding diaryl/α,β-unsaturated/α-hetero) is 1. The van der Waals surface area contributed by atoms with E-state index in [9.17, 15) is 4.79 Å². The molecule has 0 amide bonds. The van der Waals surface area contributed by atoms with Gasteiger partial charge in [-0.1, -0.05) is 13.8 Å². The van der Waals surface area contributed by atoms with E-state index in [1.165, 1.54) is 0 Å². The molecule has 0 bridgehead atoms. The van der Waals surface area contributed by atoms with Gasteiger partial charge in [-0.05, 0) is 31.7 Å². The highest BCUT2D eigenvalue weighted by molar-refractivity contribution is 5.79. The zero-order valence-corrected chi connectivity index (χ0v) is 9.64. The van der Waals surface area contributed by atoms with Crippen LogP contribution in [0.4, 0.5) is 0 Å². The van der Waals surface area contributed by atoms with E-state index >= 15 is 0 Å². The molecule has 84 valence electrons. The lowest BCUT2D eigenvalue weighted by Crippen LogP contribution is -2.19. The van der Waals surface area contributed by atoms with Crippen LogP contribution in [0.1, 0.15) is 40.0 Å². The number of ketones is 1. The molecule has 0 aliphatic heterocycles. The van der Waals surface area contributed by atoms with Crippen LogP contribution in [0.2, 0.25) is 0 Å². The standard InChI is InChI=1S/C11H23NO2/c1-4-14-9-10(13)5-6-11(2,3)7-8-12/h4-9,12H2,1-3H3. The number of carbonyl (C=O) groups excluding carboxylic acids is 1. The Hall–Kier alpha value is -0.410. The van der Waals surface area contributed by atoms with Gasteiger partial charge < -0.3 is 10.5 Å². The lowest BCUT2D eigenvalue weighted by atomic mass is 9.84. The molecule has 0 aromatic heterocycles. The van der Waals surface area contributed by atoms with Crippen LogP contribution in [0.25, 0.3) is 0 Å². The summed E-state index contributed by atoms with van der Waals surface area (Å²) in [5.74, 6) is 0.192. The molecule has 0 atom stereocenters. The summed E-state index contributed by atoms with van der Waals surface area (Å²) in [5.41, 5.74) is 5.67. The van der Waals surface area contributed by atoms with Crippen LogP contribution in [0.5, 0.6) is 0 Å². The predicted molar refractivity (Wildman–Crippen MR) is 58.2 cm³/mol. The largest absolute Gasteiger partial charge is 0.374 e. The fraction of sp³-hybridized carbons (Fsp3) is 0.909. The summed E-state index contributed by atoms with van der Waals surface area (Å²) in [6.07, 6.45) is 2.47. The first-order valence-electron chi connectivity index (χ1n) is 5.31. The Kier molecular flexibility index (Phi) is 6.75. The fourth-order valence-corrected chi connectivity index (χ4v) is 1.28. The molecule has 0 saturated heterocycles. The van der Waals surface area contributed by atoms with E-state index in [0.717, 1.165) is 12.8 Å².